The third kappa shape index (κ3) is 5.56. The summed E-state index contributed by atoms with van der Waals surface area (Å²) >= 11 is 1.80. The fourth-order valence-electron chi connectivity index (χ4n) is 7.92. The van der Waals surface area contributed by atoms with Crippen LogP contribution in [-0.4, -0.2) is 19.5 Å². The van der Waals surface area contributed by atoms with Crippen LogP contribution in [0.25, 0.3) is 104 Å². The van der Waals surface area contributed by atoms with Gasteiger partial charge < -0.3 is 4.57 Å². The lowest BCUT2D eigenvalue weighted by Gasteiger charge is -2.11. The Morgan fingerprint density at radius 2 is 0.786 bits per heavy atom. The minimum Gasteiger partial charge on any atom is -0.309 e. The molecule has 0 bridgehead atoms. The van der Waals surface area contributed by atoms with Crippen molar-refractivity contribution in [3.8, 4) is 62.1 Å². The lowest BCUT2D eigenvalue weighted by Crippen LogP contribution is -2.00. The van der Waals surface area contributed by atoms with Gasteiger partial charge in [-0.15, -0.1) is 11.3 Å². The average molecular weight is 733 g/mol. The number of thiophene rings is 1. The smallest absolute Gasteiger partial charge is 0.164 e. The molecule has 0 amide bonds. The second-order valence-corrected chi connectivity index (χ2v) is 15.1. The highest BCUT2D eigenvalue weighted by molar-refractivity contribution is 7.25. The van der Waals surface area contributed by atoms with Crippen LogP contribution >= 0.6 is 11.3 Å². The normalized spacial score (nSPS) is 11.6. The summed E-state index contributed by atoms with van der Waals surface area (Å²) in [4.78, 5) is 15.6. The topological polar surface area (TPSA) is 43.6 Å². The first-order valence-corrected chi connectivity index (χ1v) is 19.6. The van der Waals surface area contributed by atoms with Crippen LogP contribution in [0.2, 0.25) is 0 Å². The van der Waals surface area contributed by atoms with Gasteiger partial charge in [0, 0.05) is 53.3 Å². The number of para-hydroxylation sites is 2. The summed E-state index contributed by atoms with van der Waals surface area (Å²) in [6.07, 6.45) is 0. The molecule has 4 nitrogen and oxygen atoms in total. The first-order valence-electron chi connectivity index (χ1n) is 18.8. The van der Waals surface area contributed by atoms with Crippen LogP contribution in [0.1, 0.15) is 0 Å². The lowest BCUT2D eigenvalue weighted by molar-refractivity contribution is 1.07. The third-order valence-electron chi connectivity index (χ3n) is 10.7. The van der Waals surface area contributed by atoms with Gasteiger partial charge in [0.1, 0.15) is 0 Å². The Kier molecular flexibility index (Phi) is 7.64. The number of rotatable bonds is 6. The Labute approximate surface area is 327 Å². The van der Waals surface area contributed by atoms with Gasteiger partial charge in [-0.2, -0.15) is 0 Å². The molecule has 0 atom stereocenters. The van der Waals surface area contributed by atoms with E-state index in [4.69, 9.17) is 15.0 Å². The van der Waals surface area contributed by atoms with Gasteiger partial charge in [-0.1, -0.05) is 152 Å². The van der Waals surface area contributed by atoms with Crippen molar-refractivity contribution in [3.63, 3.8) is 0 Å². The fraction of sp³-hybridized carbons (Fsp3) is 0. The van der Waals surface area contributed by atoms with E-state index in [1.807, 2.05) is 6.07 Å². The van der Waals surface area contributed by atoms with Crippen molar-refractivity contribution >= 4 is 53.3 Å². The van der Waals surface area contributed by atoms with E-state index < -0.39 is 0 Å². The molecule has 0 unspecified atom stereocenters. The SMILES string of the molecule is c1ccc(-c2ccc(-c3cccc(-c4nc(-c5ccc6c(c5)sc5ccccc56)nc(-c5ccc6c7ccccc7n(-c7ccccc7)c6c5)n4)c3)cc2)cc1. The highest BCUT2D eigenvalue weighted by Crippen LogP contribution is 2.38. The molecule has 0 saturated carbocycles. The maximum absolute atomic E-state index is 5.22. The molecule has 56 heavy (non-hydrogen) atoms. The van der Waals surface area contributed by atoms with Gasteiger partial charge in [-0.05, 0) is 64.7 Å². The molecule has 262 valence electrons. The van der Waals surface area contributed by atoms with Crippen molar-refractivity contribution in [1.82, 2.24) is 19.5 Å². The molecular weight excluding hydrogens is 701 g/mol. The van der Waals surface area contributed by atoms with Gasteiger partial charge in [-0.25, -0.2) is 15.0 Å². The number of aromatic nitrogens is 4. The maximum atomic E-state index is 5.22. The van der Waals surface area contributed by atoms with E-state index in [1.165, 1.54) is 42.1 Å². The molecular formula is C51H32N4S. The molecule has 3 heterocycles. The van der Waals surface area contributed by atoms with E-state index in [2.05, 4.69) is 193 Å². The average Bonchev–Trinajstić information content (AvgIpc) is 3.82. The van der Waals surface area contributed by atoms with Crippen LogP contribution in [0.3, 0.4) is 0 Å². The highest BCUT2D eigenvalue weighted by Gasteiger charge is 2.18. The van der Waals surface area contributed by atoms with Gasteiger partial charge >= 0.3 is 0 Å². The zero-order chi connectivity index (χ0) is 37.0. The predicted octanol–water partition coefficient (Wildman–Crippen LogP) is 13.7. The van der Waals surface area contributed by atoms with E-state index in [-0.39, 0.29) is 0 Å². The van der Waals surface area contributed by atoms with Crippen LogP contribution in [0.15, 0.2) is 194 Å². The second kappa shape index (κ2) is 13.3. The van der Waals surface area contributed by atoms with Gasteiger partial charge in [0.2, 0.25) is 0 Å². The Bertz CT molecular complexity index is 3240. The van der Waals surface area contributed by atoms with Crippen molar-refractivity contribution in [3.05, 3.63) is 194 Å². The van der Waals surface area contributed by atoms with Crippen molar-refractivity contribution in [2.45, 2.75) is 0 Å². The molecule has 0 aliphatic rings. The number of hydrogen-bond acceptors (Lipinski definition) is 4. The Morgan fingerprint density at radius 3 is 1.54 bits per heavy atom. The van der Waals surface area contributed by atoms with E-state index >= 15 is 0 Å². The Balaban J connectivity index is 1.08. The molecule has 8 aromatic carbocycles. The zero-order valence-electron chi connectivity index (χ0n) is 30.2. The fourth-order valence-corrected chi connectivity index (χ4v) is 9.06. The number of benzene rings is 8. The number of hydrogen-bond donors (Lipinski definition) is 0. The molecule has 11 rings (SSSR count). The van der Waals surface area contributed by atoms with Gasteiger partial charge in [0.05, 0.1) is 11.0 Å². The Hall–Kier alpha value is -7.21. The molecule has 0 saturated heterocycles. The van der Waals surface area contributed by atoms with E-state index in [9.17, 15) is 0 Å². The minimum absolute atomic E-state index is 0.630. The van der Waals surface area contributed by atoms with E-state index in [1.54, 1.807) is 11.3 Å². The summed E-state index contributed by atoms with van der Waals surface area (Å²) in [5, 5.41) is 4.91. The summed E-state index contributed by atoms with van der Waals surface area (Å²) in [6, 6.07) is 68.6. The molecule has 0 spiro atoms. The van der Waals surface area contributed by atoms with Gasteiger partial charge in [0.15, 0.2) is 17.5 Å². The maximum Gasteiger partial charge on any atom is 0.164 e. The first-order chi connectivity index (χ1) is 27.7. The largest absolute Gasteiger partial charge is 0.309 e. The van der Waals surface area contributed by atoms with Gasteiger partial charge in [-0.3, -0.25) is 0 Å². The summed E-state index contributed by atoms with van der Waals surface area (Å²) < 4.78 is 4.81. The van der Waals surface area contributed by atoms with Crippen LogP contribution in [0.5, 0.6) is 0 Å². The molecule has 3 aromatic heterocycles. The van der Waals surface area contributed by atoms with E-state index in [0.717, 1.165) is 44.5 Å². The number of nitrogens with zero attached hydrogens (tertiary/aromatic N) is 4. The Morgan fingerprint density at radius 1 is 0.304 bits per heavy atom. The zero-order valence-corrected chi connectivity index (χ0v) is 31.0. The summed E-state index contributed by atoms with van der Waals surface area (Å²) in [6.45, 7) is 0. The van der Waals surface area contributed by atoms with E-state index in [0.29, 0.717) is 17.5 Å². The van der Waals surface area contributed by atoms with Crippen LogP contribution < -0.4 is 0 Å². The van der Waals surface area contributed by atoms with Gasteiger partial charge in [0.25, 0.3) is 0 Å². The molecule has 0 radical (unpaired) electrons. The van der Waals surface area contributed by atoms with Crippen molar-refractivity contribution in [2.24, 2.45) is 0 Å². The standard InChI is InChI=1S/C51H32N4S/c1-3-12-33(13-4-1)34-22-24-35(25-23-34)36-14-11-15-37(30-36)49-52-50(54-51(53-49)39-27-29-44-43-19-8-10-21-47(43)56-48(44)32-39)38-26-28-42-41-18-7-9-20-45(41)55(46(42)31-38)40-16-5-2-6-17-40/h1-32H. The molecule has 5 heteroatoms. The second-order valence-electron chi connectivity index (χ2n) is 14.1. The van der Waals surface area contributed by atoms with Crippen LogP contribution in [-0.2, 0) is 0 Å². The minimum atomic E-state index is 0.630. The molecule has 0 fully saturated rings. The first kappa shape index (κ1) is 32.2. The summed E-state index contributed by atoms with van der Waals surface area (Å²) in [7, 11) is 0. The highest BCUT2D eigenvalue weighted by atomic mass is 32.1. The lowest BCUT2D eigenvalue weighted by atomic mass is 9.99. The van der Waals surface area contributed by atoms with Crippen molar-refractivity contribution in [2.75, 3.05) is 0 Å². The quantitative estimate of drug-likeness (QED) is 0.171. The monoisotopic (exact) mass is 732 g/mol. The number of fused-ring (bicyclic) bond motifs is 6. The van der Waals surface area contributed by atoms with Crippen LogP contribution in [0.4, 0.5) is 0 Å². The third-order valence-corrected chi connectivity index (χ3v) is 11.8. The molecule has 0 aliphatic heterocycles. The molecule has 11 aromatic rings. The van der Waals surface area contributed by atoms with Crippen molar-refractivity contribution in [1.29, 1.82) is 0 Å². The molecule has 0 N–H and O–H groups in total. The van der Waals surface area contributed by atoms with Crippen molar-refractivity contribution < 1.29 is 0 Å². The molecule has 0 aliphatic carbocycles. The summed E-state index contributed by atoms with van der Waals surface area (Å²) in [5.74, 6) is 1.91. The van der Waals surface area contributed by atoms with Crippen LogP contribution in [0, 0.1) is 0 Å². The predicted molar refractivity (Wildman–Crippen MR) is 234 cm³/mol. The summed E-state index contributed by atoms with van der Waals surface area (Å²) in [5.41, 5.74) is 10.8.